The summed E-state index contributed by atoms with van der Waals surface area (Å²) >= 11 is 11.9. The van der Waals surface area contributed by atoms with Gasteiger partial charge in [-0.05, 0) is 57.3 Å². The third-order valence-corrected chi connectivity index (χ3v) is 6.43. The minimum atomic E-state index is 0.00990. The molecule has 0 N–H and O–H groups in total. The predicted octanol–water partition coefficient (Wildman–Crippen LogP) is 4.09. The SMILES string of the molecule is CN1CCCC2CCCC(N(C)C(=O)COc3ccc(Cl)c(Cl)c3)C21. The van der Waals surface area contributed by atoms with Gasteiger partial charge in [0.05, 0.1) is 10.0 Å². The fourth-order valence-corrected chi connectivity index (χ4v) is 4.67. The number of carbonyl (C=O) groups excluding carboxylic acids is 1. The highest BCUT2D eigenvalue weighted by Gasteiger charge is 2.40. The van der Waals surface area contributed by atoms with Gasteiger partial charge in [0.15, 0.2) is 6.61 Å². The van der Waals surface area contributed by atoms with E-state index >= 15 is 0 Å². The summed E-state index contributed by atoms with van der Waals surface area (Å²) in [4.78, 5) is 17.0. The summed E-state index contributed by atoms with van der Waals surface area (Å²) in [7, 11) is 4.11. The van der Waals surface area contributed by atoms with Gasteiger partial charge >= 0.3 is 0 Å². The van der Waals surface area contributed by atoms with Gasteiger partial charge in [0.1, 0.15) is 5.75 Å². The average molecular weight is 385 g/mol. The van der Waals surface area contributed by atoms with Gasteiger partial charge in [-0.3, -0.25) is 4.79 Å². The number of ether oxygens (including phenoxy) is 1. The van der Waals surface area contributed by atoms with E-state index in [2.05, 4.69) is 11.9 Å². The number of hydrogen-bond acceptors (Lipinski definition) is 3. The molecule has 3 atom stereocenters. The Bertz CT molecular complexity index is 623. The van der Waals surface area contributed by atoms with Gasteiger partial charge in [-0.15, -0.1) is 0 Å². The predicted molar refractivity (Wildman–Crippen MR) is 102 cm³/mol. The van der Waals surface area contributed by atoms with Crippen LogP contribution >= 0.6 is 23.2 Å². The third kappa shape index (κ3) is 4.24. The molecule has 0 aromatic heterocycles. The third-order valence-electron chi connectivity index (χ3n) is 5.69. The maximum absolute atomic E-state index is 12.7. The van der Waals surface area contributed by atoms with Gasteiger partial charge in [0, 0.05) is 25.2 Å². The first-order valence-corrected chi connectivity index (χ1v) is 9.76. The summed E-state index contributed by atoms with van der Waals surface area (Å²) in [6, 6.07) is 5.79. The molecule has 1 aliphatic heterocycles. The molecule has 1 saturated carbocycles. The van der Waals surface area contributed by atoms with E-state index in [4.69, 9.17) is 27.9 Å². The van der Waals surface area contributed by atoms with E-state index in [0.29, 0.717) is 27.8 Å². The molecular formula is C19H26Cl2N2O2. The van der Waals surface area contributed by atoms with E-state index in [0.717, 1.165) is 13.0 Å². The Morgan fingerprint density at radius 2 is 2.00 bits per heavy atom. The summed E-state index contributed by atoms with van der Waals surface area (Å²) in [5, 5.41) is 0.907. The molecule has 3 rings (SSSR count). The van der Waals surface area contributed by atoms with Crippen LogP contribution in [0.3, 0.4) is 0 Å². The molecule has 1 heterocycles. The van der Waals surface area contributed by atoms with Crippen LogP contribution in [0.25, 0.3) is 0 Å². The van der Waals surface area contributed by atoms with E-state index in [-0.39, 0.29) is 18.6 Å². The van der Waals surface area contributed by atoms with Crippen molar-refractivity contribution in [3.8, 4) is 5.75 Å². The molecule has 6 heteroatoms. The van der Waals surface area contributed by atoms with Crippen LogP contribution < -0.4 is 4.74 Å². The molecule has 1 aromatic carbocycles. The van der Waals surface area contributed by atoms with Crippen LogP contribution in [0.15, 0.2) is 18.2 Å². The van der Waals surface area contributed by atoms with Crippen molar-refractivity contribution in [1.29, 1.82) is 0 Å². The van der Waals surface area contributed by atoms with Crippen LogP contribution in [0.4, 0.5) is 0 Å². The molecular weight excluding hydrogens is 359 g/mol. The number of carbonyl (C=O) groups is 1. The van der Waals surface area contributed by atoms with Crippen molar-refractivity contribution in [3.63, 3.8) is 0 Å². The molecule has 1 amide bonds. The highest BCUT2D eigenvalue weighted by molar-refractivity contribution is 6.42. The zero-order valence-electron chi connectivity index (χ0n) is 14.9. The van der Waals surface area contributed by atoms with Crippen LogP contribution in [0.5, 0.6) is 5.75 Å². The summed E-state index contributed by atoms with van der Waals surface area (Å²) in [5.74, 6) is 1.28. The summed E-state index contributed by atoms with van der Waals surface area (Å²) in [6.45, 7) is 1.14. The van der Waals surface area contributed by atoms with Crippen molar-refractivity contribution < 1.29 is 9.53 Å². The molecule has 2 aliphatic rings. The largest absolute Gasteiger partial charge is 0.484 e. The second kappa shape index (κ2) is 8.15. The van der Waals surface area contributed by atoms with Crippen molar-refractivity contribution in [2.24, 2.45) is 5.92 Å². The minimum absolute atomic E-state index is 0.00990. The Morgan fingerprint density at radius 1 is 1.24 bits per heavy atom. The lowest BCUT2D eigenvalue weighted by Gasteiger charge is -2.49. The first-order chi connectivity index (χ1) is 12.0. The summed E-state index contributed by atoms with van der Waals surface area (Å²) in [5.41, 5.74) is 0. The van der Waals surface area contributed by atoms with Crippen LogP contribution in [-0.2, 0) is 4.79 Å². The van der Waals surface area contributed by atoms with Gasteiger partial charge in [-0.2, -0.15) is 0 Å². The molecule has 1 aliphatic carbocycles. The van der Waals surface area contributed by atoms with Crippen molar-refractivity contribution in [2.45, 2.75) is 44.2 Å². The number of rotatable bonds is 4. The molecule has 138 valence electrons. The Hall–Kier alpha value is -0.970. The van der Waals surface area contributed by atoms with E-state index in [1.165, 1.54) is 25.7 Å². The molecule has 1 saturated heterocycles. The van der Waals surface area contributed by atoms with Crippen LogP contribution in [0.1, 0.15) is 32.1 Å². The first-order valence-electron chi connectivity index (χ1n) is 9.01. The number of benzene rings is 1. The maximum atomic E-state index is 12.7. The molecule has 0 radical (unpaired) electrons. The van der Waals surface area contributed by atoms with Gasteiger partial charge in [0.25, 0.3) is 5.91 Å². The molecule has 3 unspecified atom stereocenters. The summed E-state index contributed by atoms with van der Waals surface area (Å²) in [6.07, 6.45) is 6.11. The highest BCUT2D eigenvalue weighted by atomic mass is 35.5. The maximum Gasteiger partial charge on any atom is 0.260 e. The lowest BCUT2D eigenvalue weighted by molar-refractivity contribution is -0.137. The normalized spacial score (nSPS) is 26.8. The number of likely N-dealkylation sites (N-methyl/N-ethyl adjacent to an activating group) is 2. The molecule has 4 nitrogen and oxygen atoms in total. The Balaban J connectivity index is 1.61. The standard InChI is InChI=1S/C19H26Cl2N2O2/c1-22-10-4-6-13-5-3-7-17(19(13)22)23(2)18(24)12-25-14-8-9-15(20)16(21)11-14/h8-9,11,13,17,19H,3-7,10,12H2,1-2H3. The Kier molecular flexibility index (Phi) is 6.13. The van der Waals surface area contributed by atoms with Crippen LogP contribution in [0, 0.1) is 5.92 Å². The van der Waals surface area contributed by atoms with Crippen molar-refractivity contribution in [3.05, 3.63) is 28.2 Å². The van der Waals surface area contributed by atoms with Crippen LogP contribution in [-0.4, -0.2) is 55.0 Å². The molecule has 0 spiro atoms. The van der Waals surface area contributed by atoms with E-state index < -0.39 is 0 Å². The monoisotopic (exact) mass is 384 g/mol. The smallest absolute Gasteiger partial charge is 0.260 e. The lowest BCUT2D eigenvalue weighted by atomic mass is 9.75. The average Bonchev–Trinajstić information content (AvgIpc) is 2.61. The topological polar surface area (TPSA) is 32.8 Å². The fourth-order valence-electron chi connectivity index (χ4n) is 4.39. The molecule has 25 heavy (non-hydrogen) atoms. The number of hydrogen-bond donors (Lipinski definition) is 0. The second-order valence-corrected chi connectivity index (χ2v) is 8.06. The summed E-state index contributed by atoms with van der Waals surface area (Å²) < 4.78 is 5.63. The number of likely N-dealkylation sites (tertiary alicyclic amines) is 1. The zero-order chi connectivity index (χ0) is 18.0. The molecule has 2 fully saturated rings. The van der Waals surface area contributed by atoms with Crippen molar-refractivity contribution in [2.75, 3.05) is 27.2 Å². The van der Waals surface area contributed by atoms with E-state index in [1.807, 2.05) is 11.9 Å². The van der Waals surface area contributed by atoms with Gasteiger partial charge in [-0.1, -0.05) is 29.6 Å². The lowest BCUT2D eigenvalue weighted by Crippen LogP contribution is -2.58. The van der Waals surface area contributed by atoms with E-state index in [1.54, 1.807) is 18.2 Å². The number of nitrogens with zero attached hydrogens (tertiary/aromatic N) is 2. The fraction of sp³-hybridized carbons (Fsp3) is 0.632. The Morgan fingerprint density at radius 3 is 2.76 bits per heavy atom. The second-order valence-electron chi connectivity index (χ2n) is 7.24. The highest BCUT2D eigenvalue weighted by Crippen LogP contribution is 2.36. The van der Waals surface area contributed by atoms with Crippen molar-refractivity contribution >= 4 is 29.1 Å². The minimum Gasteiger partial charge on any atom is -0.484 e. The molecule has 0 bridgehead atoms. The number of amides is 1. The number of halogens is 2. The zero-order valence-corrected chi connectivity index (χ0v) is 16.4. The van der Waals surface area contributed by atoms with Gasteiger partial charge in [-0.25, -0.2) is 0 Å². The number of piperidine rings is 1. The number of fused-ring (bicyclic) bond motifs is 1. The van der Waals surface area contributed by atoms with Gasteiger partial charge in [0.2, 0.25) is 0 Å². The molecule has 1 aromatic rings. The van der Waals surface area contributed by atoms with Crippen molar-refractivity contribution in [1.82, 2.24) is 9.80 Å². The quantitative estimate of drug-likeness (QED) is 0.783. The first kappa shape index (κ1) is 18.8. The van der Waals surface area contributed by atoms with Gasteiger partial charge < -0.3 is 14.5 Å². The Labute approximate surface area is 160 Å². The van der Waals surface area contributed by atoms with Crippen LogP contribution in [0.2, 0.25) is 10.0 Å². The van der Waals surface area contributed by atoms with E-state index in [9.17, 15) is 4.79 Å².